The third-order valence-electron chi connectivity index (χ3n) is 5.80. The molecular formula is C15H23NO3. The van der Waals surface area contributed by atoms with E-state index in [9.17, 15) is 9.59 Å². The van der Waals surface area contributed by atoms with Crippen LogP contribution in [-0.2, 0) is 9.59 Å². The molecule has 106 valence electrons. The Kier molecular flexibility index (Phi) is 2.88. The van der Waals surface area contributed by atoms with Gasteiger partial charge in [-0.05, 0) is 42.4 Å². The summed E-state index contributed by atoms with van der Waals surface area (Å²) in [5.41, 5.74) is -0.384. The molecule has 3 unspecified atom stereocenters. The smallest absolute Gasteiger partial charge is 0.307 e. The first-order valence-electron chi connectivity index (χ1n) is 7.41. The zero-order chi connectivity index (χ0) is 13.8. The molecule has 3 rings (SSSR count). The van der Waals surface area contributed by atoms with Crippen LogP contribution in [0.4, 0.5) is 0 Å². The molecule has 3 fully saturated rings. The standard InChI is InChI=1S/C15H23NO3/c1-15(2)11(12(15)14(18)19)13(17)16-7-10-6-8-3-4-9(10)5-8/h8-12H,3-7H2,1-2H3,(H,16,17)(H,18,19)/t8?,9?,10?,11-,12+/m1/s1. The van der Waals surface area contributed by atoms with Crippen LogP contribution in [-0.4, -0.2) is 23.5 Å². The fourth-order valence-electron chi connectivity index (χ4n) is 4.56. The molecule has 0 spiro atoms. The predicted molar refractivity (Wildman–Crippen MR) is 70.3 cm³/mol. The third-order valence-corrected chi connectivity index (χ3v) is 5.80. The van der Waals surface area contributed by atoms with Crippen LogP contribution in [0.2, 0.25) is 0 Å². The second-order valence-corrected chi connectivity index (χ2v) is 7.30. The van der Waals surface area contributed by atoms with E-state index >= 15 is 0 Å². The lowest BCUT2D eigenvalue weighted by molar-refractivity contribution is -0.140. The van der Waals surface area contributed by atoms with Gasteiger partial charge in [-0.15, -0.1) is 0 Å². The fourth-order valence-corrected chi connectivity index (χ4v) is 4.56. The van der Waals surface area contributed by atoms with Gasteiger partial charge in [0.25, 0.3) is 0 Å². The normalized spacial score (nSPS) is 42.1. The highest BCUT2D eigenvalue weighted by molar-refractivity contribution is 5.91. The van der Waals surface area contributed by atoms with E-state index in [0.717, 1.165) is 18.4 Å². The Bertz CT molecular complexity index is 418. The van der Waals surface area contributed by atoms with Crippen molar-refractivity contribution in [2.24, 2.45) is 35.0 Å². The summed E-state index contributed by atoms with van der Waals surface area (Å²) in [7, 11) is 0. The number of carbonyl (C=O) groups excluding carboxylic acids is 1. The summed E-state index contributed by atoms with van der Waals surface area (Å²) in [5, 5.41) is 12.1. The summed E-state index contributed by atoms with van der Waals surface area (Å²) in [5.74, 6) is 0.568. The number of rotatable bonds is 4. The van der Waals surface area contributed by atoms with E-state index < -0.39 is 11.9 Å². The van der Waals surface area contributed by atoms with Crippen molar-refractivity contribution in [3.63, 3.8) is 0 Å². The minimum absolute atomic E-state index is 0.0554. The summed E-state index contributed by atoms with van der Waals surface area (Å²) in [6, 6.07) is 0. The maximum Gasteiger partial charge on any atom is 0.307 e. The summed E-state index contributed by atoms with van der Waals surface area (Å²) >= 11 is 0. The van der Waals surface area contributed by atoms with E-state index in [1.807, 2.05) is 13.8 Å². The van der Waals surface area contributed by atoms with Crippen molar-refractivity contribution in [2.75, 3.05) is 6.54 Å². The summed E-state index contributed by atoms with van der Waals surface area (Å²) < 4.78 is 0. The highest BCUT2D eigenvalue weighted by Gasteiger charge is 2.65. The average molecular weight is 265 g/mol. The maximum atomic E-state index is 12.1. The Morgan fingerprint density at radius 1 is 1.21 bits per heavy atom. The minimum Gasteiger partial charge on any atom is -0.481 e. The number of amides is 1. The van der Waals surface area contributed by atoms with Crippen LogP contribution in [0.25, 0.3) is 0 Å². The van der Waals surface area contributed by atoms with Crippen molar-refractivity contribution in [1.82, 2.24) is 5.32 Å². The number of carbonyl (C=O) groups is 2. The maximum absolute atomic E-state index is 12.1. The van der Waals surface area contributed by atoms with Crippen LogP contribution >= 0.6 is 0 Å². The van der Waals surface area contributed by atoms with Gasteiger partial charge in [0.15, 0.2) is 0 Å². The lowest BCUT2D eigenvalue weighted by Crippen LogP contribution is -2.33. The van der Waals surface area contributed by atoms with E-state index in [1.54, 1.807) is 0 Å². The van der Waals surface area contributed by atoms with Gasteiger partial charge in [0.1, 0.15) is 0 Å². The molecule has 0 aliphatic heterocycles. The largest absolute Gasteiger partial charge is 0.481 e. The Hall–Kier alpha value is -1.06. The van der Waals surface area contributed by atoms with Crippen molar-refractivity contribution >= 4 is 11.9 Å². The van der Waals surface area contributed by atoms with Crippen molar-refractivity contribution in [3.05, 3.63) is 0 Å². The molecule has 3 aliphatic rings. The van der Waals surface area contributed by atoms with Gasteiger partial charge >= 0.3 is 5.97 Å². The lowest BCUT2D eigenvalue weighted by atomic mass is 9.89. The Morgan fingerprint density at radius 3 is 2.42 bits per heavy atom. The number of hydrogen-bond donors (Lipinski definition) is 2. The summed E-state index contributed by atoms with van der Waals surface area (Å²) in [4.78, 5) is 23.2. The van der Waals surface area contributed by atoms with Gasteiger partial charge in [0.2, 0.25) is 5.91 Å². The van der Waals surface area contributed by atoms with E-state index in [-0.39, 0.29) is 17.2 Å². The van der Waals surface area contributed by atoms with Crippen LogP contribution in [0, 0.1) is 35.0 Å². The quantitative estimate of drug-likeness (QED) is 0.816. The molecule has 0 aromatic carbocycles. The third kappa shape index (κ3) is 2.05. The molecule has 0 radical (unpaired) electrons. The van der Waals surface area contributed by atoms with Gasteiger partial charge in [-0.1, -0.05) is 20.3 Å². The van der Waals surface area contributed by atoms with Gasteiger partial charge in [-0.25, -0.2) is 0 Å². The van der Waals surface area contributed by atoms with Crippen LogP contribution < -0.4 is 5.32 Å². The molecule has 5 atom stereocenters. The molecule has 4 heteroatoms. The predicted octanol–water partition coefficient (Wildman–Crippen LogP) is 1.90. The topological polar surface area (TPSA) is 66.4 Å². The molecule has 2 N–H and O–H groups in total. The second-order valence-electron chi connectivity index (χ2n) is 7.30. The number of fused-ring (bicyclic) bond motifs is 2. The Morgan fingerprint density at radius 2 is 1.95 bits per heavy atom. The summed E-state index contributed by atoms with van der Waals surface area (Å²) in [6.07, 6.45) is 5.28. The average Bonchev–Trinajstić information content (AvgIpc) is 2.73. The molecule has 4 nitrogen and oxygen atoms in total. The molecule has 0 aromatic rings. The SMILES string of the molecule is CC1(C)[C@H](C(=O)O)[C@@H]1C(=O)NCC1CC2CCC1C2. The number of aliphatic carboxylic acids is 1. The number of nitrogens with one attached hydrogen (secondary N) is 1. The molecule has 3 aliphatic carbocycles. The van der Waals surface area contributed by atoms with Crippen molar-refractivity contribution < 1.29 is 14.7 Å². The number of carboxylic acids is 1. The minimum atomic E-state index is -0.843. The monoisotopic (exact) mass is 265 g/mol. The molecule has 0 aromatic heterocycles. The van der Waals surface area contributed by atoms with Crippen molar-refractivity contribution in [2.45, 2.75) is 39.5 Å². The molecular weight excluding hydrogens is 242 g/mol. The van der Waals surface area contributed by atoms with Crippen LogP contribution in [0.1, 0.15) is 39.5 Å². The lowest BCUT2D eigenvalue weighted by Gasteiger charge is -2.22. The highest BCUT2D eigenvalue weighted by atomic mass is 16.4. The molecule has 1 amide bonds. The van der Waals surface area contributed by atoms with Gasteiger partial charge in [-0.2, -0.15) is 0 Å². The highest BCUT2D eigenvalue weighted by Crippen LogP contribution is 2.58. The molecule has 19 heavy (non-hydrogen) atoms. The Balaban J connectivity index is 1.51. The molecule has 0 saturated heterocycles. The first kappa shape index (κ1) is 12.9. The molecule has 3 saturated carbocycles. The molecule has 2 bridgehead atoms. The van der Waals surface area contributed by atoms with Crippen LogP contribution in [0.3, 0.4) is 0 Å². The van der Waals surface area contributed by atoms with Gasteiger partial charge in [-0.3, -0.25) is 9.59 Å². The Labute approximate surface area is 113 Å². The van der Waals surface area contributed by atoms with E-state index in [1.165, 1.54) is 25.7 Å². The number of hydrogen-bond acceptors (Lipinski definition) is 2. The van der Waals surface area contributed by atoms with Gasteiger partial charge in [0.05, 0.1) is 11.8 Å². The number of carboxylic acid groups (broad SMARTS) is 1. The van der Waals surface area contributed by atoms with E-state index in [0.29, 0.717) is 5.92 Å². The van der Waals surface area contributed by atoms with E-state index in [2.05, 4.69) is 5.32 Å². The summed E-state index contributed by atoms with van der Waals surface area (Å²) in [6.45, 7) is 4.49. The van der Waals surface area contributed by atoms with Gasteiger partial charge in [0, 0.05) is 6.54 Å². The van der Waals surface area contributed by atoms with Crippen molar-refractivity contribution in [3.8, 4) is 0 Å². The van der Waals surface area contributed by atoms with Crippen molar-refractivity contribution in [1.29, 1.82) is 0 Å². The second kappa shape index (κ2) is 4.22. The zero-order valence-corrected chi connectivity index (χ0v) is 11.7. The van der Waals surface area contributed by atoms with Crippen LogP contribution in [0.5, 0.6) is 0 Å². The first-order valence-corrected chi connectivity index (χ1v) is 7.41. The zero-order valence-electron chi connectivity index (χ0n) is 11.7. The molecule has 0 heterocycles. The van der Waals surface area contributed by atoms with Crippen LogP contribution in [0.15, 0.2) is 0 Å². The fraction of sp³-hybridized carbons (Fsp3) is 0.867. The van der Waals surface area contributed by atoms with Gasteiger partial charge < -0.3 is 10.4 Å². The van der Waals surface area contributed by atoms with E-state index in [4.69, 9.17) is 5.11 Å². The first-order chi connectivity index (χ1) is 8.91.